The molecule has 5 saturated heterocycles. The first-order valence-electron chi connectivity index (χ1n) is 23.8. The smallest absolute Gasteiger partial charge is 0.234 e. The molecule has 0 bridgehead atoms. The fraction of sp³-hybridized carbons (Fsp3) is 0.471. The van der Waals surface area contributed by atoms with E-state index in [9.17, 15) is 14.4 Å². The lowest BCUT2D eigenvalue weighted by Crippen LogP contribution is -2.46. The zero-order valence-corrected chi connectivity index (χ0v) is 39.4. The average molecular weight is 961 g/mol. The summed E-state index contributed by atoms with van der Waals surface area (Å²) in [6.45, 7) is 11.5. The number of pyridine rings is 1. The molecule has 3 amide bonds. The van der Waals surface area contributed by atoms with Gasteiger partial charge in [0.2, 0.25) is 17.7 Å². The molecule has 5 fully saturated rings. The summed E-state index contributed by atoms with van der Waals surface area (Å²) in [5.41, 5.74) is 8.63. The number of amides is 3. The van der Waals surface area contributed by atoms with Crippen LogP contribution in [-0.4, -0.2) is 119 Å². The van der Waals surface area contributed by atoms with Crippen LogP contribution in [0, 0.1) is 11.8 Å². The number of likely N-dealkylation sites (tertiary alicyclic amines) is 2. The highest BCUT2D eigenvalue weighted by Gasteiger charge is 2.33. The van der Waals surface area contributed by atoms with Crippen molar-refractivity contribution in [3.8, 4) is 11.4 Å². The van der Waals surface area contributed by atoms with Crippen molar-refractivity contribution in [1.82, 2.24) is 35.0 Å². The van der Waals surface area contributed by atoms with Crippen molar-refractivity contribution in [3.05, 3.63) is 105 Å². The summed E-state index contributed by atoms with van der Waals surface area (Å²) in [6, 6.07) is 25.4. The quantitative estimate of drug-likeness (QED) is 0.134. The Morgan fingerprint density at radius 1 is 0.723 bits per heavy atom. The molecule has 5 aromatic rings. The number of hydrogen-bond donors (Lipinski definition) is 2. The molecule has 7 heterocycles. The van der Waals surface area contributed by atoms with Gasteiger partial charge in [-0.3, -0.25) is 24.6 Å². The number of rotatable bonds is 10. The molecule has 10 rings (SSSR count). The summed E-state index contributed by atoms with van der Waals surface area (Å²) in [7, 11) is 0. The molecule has 0 radical (unpaired) electrons. The van der Waals surface area contributed by atoms with Gasteiger partial charge in [-0.25, -0.2) is 9.97 Å². The zero-order valence-electron chi connectivity index (χ0n) is 37.1. The number of piperazine rings is 1. The molecule has 12 nitrogen and oxygen atoms in total. The second-order valence-corrected chi connectivity index (χ2v) is 20.2. The van der Waals surface area contributed by atoms with Gasteiger partial charge in [0.05, 0.1) is 16.1 Å². The second kappa shape index (κ2) is 19.6. The van der Waals surface area contributed by atoms with Crippen molar-refractivity contribution in [3.63, 3.8) is 0 Å². The lowest BCUT2D eigenvalue weighted by molar-refractivity contribution is -0.138. The fourth-order valence-corrected chi connectivity index (χ4v) is 11.7. The number of nitrogens with one attached hydrogen (secondary N) is 2. The van der Waals surface area contributed by atoms with Crippen LogP contribution in [0.5, 0.6) is 0 Å². The molecular weight excluding hydrogens is 902 g/mol. The Hall–Kier alpha value is -4.82. The van der Waals surface area contributed by atoms with E-state index in [0.29, 0.717) is 30.6 Å². The number of halogens is 2. The molecule has 0 unspecified atom stereocenters. The highest BCUT2D eigenvalue weighted by molar-refractivity contribution is 9.10. The first kappa shape index (κ1) is 44.0. The van der Waals surface area contributed by atoms with E-state index in [2.05, 4.69) is 116 Å². The van der Waals surface area contributed by atoms with E-state index in [1.807, 2.05) is 18.3 Å². The number of anilines is 2. The van der Waals surface area contributed by atoms with Gasteiger partial charge in [0.1, 0.15) is 11.3 Å². The number of aromatic amines is 1. The molecule has 0 aliphatic carbocycles. The van der Waals surface area contributed by atoms with Crippen LogP contribution in [0.15, 0.2) is 83.5 Å². The molecular formula is C51H59BrClN9O3. The van der Waals surface area contributed by atoms with Crippen molar-refractivity contribution in [1.29, 1.82) is 0 Å². The van der Waals surface area contributed by atoms with Gasteiger partial charge in [-0.2, -0.15) is 0 Å². The predicted molar refractivity (Wildman–Crippen MR) is 260 cm³/mol. The SMILES string of the molecule is O=C1CC[C@H](c2ccc(N3CCC(CN4CCC(C(=O)N5CCC(c6ccc(-c7nc8ncc(Br)c(N9CCN(Cc%10ccc(Cl)cc%10)CC9)c8[nH]7)cc6)CC5)CC4)CC3)cc2)C(=O)N1. The Morgan fingerprint density at radius 2 is 1.42 bits per heavy atom. The number of fused-ring (bicyclic) bond motifs is 1. The van der Waals surface area contributed by atoms with Crippen molar-refractivity contribution in [2.75, 3.05) is 81.8 Å². The van der Waals surface area contributed by atoms with E-state index in [1.54, 1.807) is 0 Å². The number of hydrogen-bond acceptors (Lipinski definition) is 9. The molecule has 0 spiro atoms. The van der Waals surface area contributed by atoms with Crippen LogP contribution in [0.25, 0.3) is 22.6 Å². The molecule has 1 atom stereocenters. The maximum Gasteiger partial charge on any atom is 0.234 e. The molecule has 5 aliphatic rings. The first-order valence-corrected chi connectivity index (χ1v) is 24.9. The van der Waals surface area contributed by atoms with Crippen LogP contribution in [0.3, 0.4) is 0 Å². The summed E-state index contributed by atoms with van der Waals surface area (Å²) in [4.78, 5) is 63.0. The third-order valence-corrected chi connectivity index (χ3v) is 15.7. The molecule has 14 heteroatoms. The average Bonchev–Trinajstić information content (AvgIpc) is 3.78. The second-order valence-electron chi connectivity index (χ2n) is 19.0. The molecule has 2 N–H and O–H groups in total. The van der Waals surface area contributed by atoms with Gasteiger partial charge in [0, 0.05) is 100 Å². The summed E-state index contributed by atoms with van der Waals surface area (Å²) in [6.07, 6.45) is 9.06. The predicted octanol–water partition coefficient (Wildman–Crippen LogP) is 8.22. The molecule has 2 aromatic heterocycles. The Labute approximate surface area is 395 Å². The Kier molecular flexibility index (Phi) is 13.3. The van der Waals surface area contributed by atoms with E-state index in [1.165, 1.54) is 16.8 Å². The van der Waals surface area contributed by atoms with Crippen LogP contribution < -0.4 is 15.1 Å². The van der Waals surface area contributed by atoms with Crippen molar-refractivity contribution < 1.29 is 14.4 Å². The van der Waals surface area contributed by atoms with Crippen molar-refractivity contribution >= 4 is 67.8 Å². The summed E-state index contributed by atoms with van der Waals surface area (Å²) in [5, 5.41) is 3.24. The highest BCUT2D eigenvalue weighted by atomic mass is 79.9. The number of imide groups is 1. The van der Waals surface area contributed by atoms with Gasteiger partial charge in [-0.05, 0) is 127 Å². The lowest BCUT2D eigenvalue weighted by atomic mass is 9.87. The number of nitrogens with zero attached hydrogens (tertiary/aromatic N) is 7. The summed E-state index contributed by atoms with van der Waals surface area (Å²) < 4.78 is 0.969. The Balaban J connectivity index is 0.661. The number of imidazole rings is 1. The Bertz CT molecular complexity index is 2470. The zero-order chi connectivity index (χ0) is 44.4. The number of H-pyrrole nitrogens is 1. The summed E-state index contributed by atoms with van der Waals surface area (Å²) >= 11 is 9.91. The number of piperidine rings is 4. The third kappa shape index (κ3) is 9.99. The van der Waals surface area contributed by atoms with Crippen LogP contribution in [0.4, 0.5) is 11.4 Å². The molecule has 3 aromatic carbocycles. The van der Waals surface area contributed by atoms with Crippen LogP contribution >= 0.6 is 27.5 Å². The Morgan fingerprint density at radius 3 is 2.11 bits per heavy atom. The first-order chi connectivity index (χ1) is 31.7. The number of carbonyl (C=O) groups is 3. The summed E-state index contributed by atoms with van der Waals surface area (Å²) in [5.74, 6) is 1.83. The standard InChI is InChI=1S/C51H59BrClN9O3/c52-44-31-54-49-46(47(44)61-29-27-59(28-30-61)32-34-1-9-41(53)10-2-34)56-48(57-49)39-5-3-36(4-6-39)37-19-25-62(26-20-37)51(65)40-17-21-58(22-18-40)33-35-15-23-60(24-16-35)42-11-7-38(8-12-42)43-13-14-45(63)55-50(43)64/h1-12,31,35,37,40,43H,13-30,32-33H2,(H,54,56,57)(H,55,63,64)/t43-/m1/s1. The van der Waals surface area contributed by atoms with E-state index in [4.69, 9.17) is 16.6 Å². The molecule has 5 aliphatic heterocycles. The molecule has 340 valence electrons. The van der Waals surface area contributed by atoms with Gasteiger partial charge >= 0.3 is 0 Å². The van der Waals surface area contributed by atoms with Gasteiger partial charge in [-0.15, -0.1) is 0 Å². The normalized spacial score (nSPS) is 21.3. The van der Waals surface area contributed by atoms with E-state index >= 15 is 0 Å². The molecule has 0 saturated carbocycles. The van der Waals surface area contributed by atoms with Gasteiger partial charge < -0.3 is 24.6 Å². The van der Waals surface area contributed by atoms with Crippen molar-refractivity contribution in [2.24, 2.45) is 11.8 Å². The van der Waals surface area contributed by atoms with Gasteiger partial charge in [0.25, 0.3) is 0 Å². The van der Waals surface area contributed by atoms with E-state index < -0.39 is 0 Å². The van der Waals surface area contributed by atoms with Crippen LogP contribution in [0.1, 0.15) is 79.9 Å². The highest BCUT2D eigenvalue weighted by Crippen LogP contribution is 2.36. The number of carbonyl (C=O) groups excluding carboxylic acids is 3. The van der Waals surface area contributed by atoms with E-state index in [-0.39, 0.29) is 23.7 Å². The minimum absolute atomic E-state index is 0.135. The minimum atomic E-state index is -0.242. The largest absolute Gasteiger partial charge is 0.372 e. The number of aromatic nitrogens is 3. The van der Waals surface area contributed by atoms with E-state index in [0.717, 1.165) is 160 Å². The monoisotopic (exact) mass is 959 g/mol. The maximum atomic E-state index is 13.8. The third-order valence-electron chi connectivity index (χ3n) is 14.9. The maximum absolute atomic E-state index is 13.8. The van der Waals surface area contributed by atoms with Gasteiger partial charge in [0.15, 0.2) is 5.65 Å². The fourth-order valence-electron chi connectivity index (χ4n) is 11.0. The van der Waals surface area contributed by atoms with Crippen LogP contribution in [-0.2, 0) is 20.9 Å². The molecule has 65 heavy (non-hydrogen) atoms. The number of benzene rings is 3. The minimum Gasteiger partial charge on any atom is -0.372 e. The van der Waals surface area contributed by atoms with Crippen molar-refractivity contribution in [2.45, 2.75) is 69.7 Å². The lowest BCUT2D eigenvalue weighted by Gasteiger charge is -2.40. The topological polar surface area (TPSA) is 121 Å². The van der Waals surface area contributed by atoms with Gasteiger partial charge in [-0.1, -0.05) is 60.1 Å². The van der Waals surface area contributed by atoms with Crippen LogP contribution in [0.2, 0.25) is 5.02 Å².